The molecular weight excluding hydrogens is 270 g/mol. The Balaban J connectivity index is 2.35. The summed E-state index contributed by atoms with van der Waals surface area (Å²) in [5.41, 5.74) is 0.688. The maximum Gasteiger partial charge on any atom is 0.325 e. The molecule has 0 spiro atoms. The van der Waals surface area contributed by atoms with Crippen LogP contribution in [0.4, 0.5) is 0 Å². The molecule has 0 bridgehead atoms. The van der Waals surface area contributed by atoms with Gasteiger partial charge >= 0.3 is 5.97 Å². The van der Waals surface area contributed by atoms with Crippen molar-refractivity contribution in [2.45, 2.75) is 31.7 Å². The van der Waals surface area contributed by atoms with Gasteiger partial charge in [0, 0.05) is 11.6 Å². The Morgan fingerprint density at radius 2 is 1.81 bits per heavy atom. The number of nitrogens with zero attached hydrogens (tertiary/aromatic N) is 1. The molecule has 1 aromatic carbocycles. The lowest BCUT2D eigenvalue weighted by Gasteiger charge is -2.28. The highest BCUT2D eigenvalue weighted by Crippen LogP contribution is 2.34. The Kier molecular flexibility index (Phi) is 5.44. The molecule has 21 heavy (non-hydrogen) atoms. The number of likely N-dealkylation sites (tertiary alicyclic amines) is 1. The number of aliphatic carboxylic acids is 1. The molecule has 0 radical (unpaired) electrons. The molecule has 0 amide bonds. The van der Waals surface area contributed by atoms with Gasteiger partial charge in [0.15, 0.2) is 0 Å². The predicted molar refractivity (Wildman–Crippen MR) is 80.0 cm³/mol. The number of hydrogen-bond donors (Lipinski definition) is 1. The summed E-state index contributed by atoms with van der Waals surface area (Å²) in [5, 5.41) is 9.69. The standard InChI is InChI=1S/C16H23NO4/c1-20-12-7-8-13(14(11-12)21-2)15(16(18)19)17-9-5-3-4-6-10-17/h7-8,11,15H,3-6,9-10H2,1-2H3,(H,18,19)/t15-/m1/s1. The molecule has 1 heterocycles. The molecular formula is C16H23NO4. The van der Waals surface area contributed by atoms with Crippen LogP contribution < -0.4 is 9.47 Å². The first-order valence-corrected chi connectivity index (χ1v) is 7.36. The first-order valence-electron chi connectivity index (χ1n) is 7.36. The molecule has 1 saturated heterocycles. The van der Waals surface area contributed by atoms with Crippen molar-refractivity contribution in [3.63, 3.8) is 0 Å². The van der Waals surface area contributed by atoms with Gasteiger partial charge in [-0.15, -0.1) is 0 Å². The number of rotatable bonds is 5. The zero-order valence-electron chi connectivity index (χ0n) is 12.7. The average molecular weight is 293 g/mol. The smallest absolute Gasteiger partial charge is 0.325 e. The van der Waals surface area contributed by atoms with Crippen molar-refractivity contribution in [1.82, 2.24) is 4.90 Å². The van der Waals surface area contributed by atoms with Crippen LogP contribution in [0.2, 0.25) is 0 Å². The Morgan fingerprint density at radius 1 is 1.14 bits per heavy atom. The van der Waals surface area contributed by atoms with E-state index in [-0.39, 0.29) is 0 Å². The summed E-state index contributed by atoms with van der Waals surface area (Å²) in [5.74, 6) is 0.391. The molecule has 0 aliphatic carbocycles. The molecule has 1 aliphatic rings. The molecule has 0 aromatic heterocycles. The van der Waals surface area contributed by atoms with Crippen LogP contribution in [0.5, 0.6) is 11.5 Å². The summed E-state index contributed by atoms with van der Waals surface area (Å²) >= 11 is 0. The van der Waals surface area contributed by atoms with Crippen LogP contribution in [0.15, 0.2) is 18.2 Å². The van der Waals surface area contributed by atoms with E-state index in [1.807, 2.05) is 4.90 Å². The summed E-state index contributed by atoms with van der Waals surface area (Å²) in [4.78, 5) is 13.8. The Morgan fingerprint density at radius 3 is 2.33 bits per heavy atom. The molecule has 2 rings (SSSR count). The molecule has 116 valence electrons. The number of carboxylic acid groups (broad SMARTS) is 1. The summed E-state index contributed by atoms with van der Waals surface area (Å²) in [6, 6.07) is 4.65. The van der Waals surface area contributed by atoms with Crippen LogP contribution in [-0.2, 0) is 4.79 Å². The van der Waals surface area contributed by atoms with Crippen LogP contribution in [0.25, 0.3) is 0 Å². The quantitative estimate of drug-likeness (QED) is 0.904. The van der Waals surface area contributed by atoms with Crippen LogP contribution in [0.3, 0.4) is 0 Å². The zero-order chi connectivity index (χ0) is 15.2. The molecule has 0 saturated carbocycles. The molecule has 0 unspecified atom stereocenters. The minimum Gasteiger partial charge on any atom is -0.497 e. The highest BCUT2D eigenvalue weighted by Gasteiger charge is 2.30. The van der Waals surface area contributed by atoms with Crippen molar-refractivity contribution in [3.05, 3.63) is 23.8 Å². The van der Waals surface area contributed by atoms with Gasteiger partial charge in [-0.2, -0.15) is 0 Å². The van der Waals surface area contributed by atoms with E-state index in [9.17, 15) is 9.90 Å². The van der Waals surface area contributed by atoms with Gasteiger partial charge in [0.05, 0.1) is 14.2 Å². The molecule has 1 aromatic rings. The second-order valence-corrected chi connectivity index (χ2v) is 5.30. The topological polar surface area (TPSA) is 59.0 Å². The van der Waals surface area contributed by atoms with Gasteiger partial charge in [-0.05, 0) is 38.1 Å². The number of carbonyl (C=O) groups is 1. The maximum atomic E-state index is 11.8. The fourth-order valence-corrected chi connectivity index (χ4v) is 2.88. The SMILES string of the molecule is COc1ccc([C@H](C(=O)O)N2CCCCCC2)c(OC)c1. The average Bonchev–Trinajstić information content (AvgIpc) is 2.76. The second-order valence-electron chi connectivity index (χ2n) is 5.30. The van der Waals surface area contributed by atoms with E-state index >= 15 is 0 Å². The van der Waals surface area contributed by atoms with E-state index < -0.39 is 12.0 Å². The monoisotopic (exact) mass is 293 g/mol. The minimum atomic E-state index is -0.833. The number of carboxylic acids is 1. The van der Waals surface area contributed by atoms with E-state index in [2.05, 4.69) is 0 Å². The van der Waals surface area contributed by atoms with E-state index in [4.69, 9.17) is 9.47 Å². The van der Waals surface area contributed by atoms with Crippen molar-refractivity contribution >= 4 is 5.97 Å². The highest BCUT2D eigenvalue weighted by molar-refractivity contribution is 5.77. The van der Waals surface area contributed by atoms with E-state index in [1.54, 1.807) is 32.4 Å². The molecule has 1 aliphatic heterocycles. The van der Waals surface area contributed by atoms with Gasteiger partial charge in [0.1, 0.15) is 17.5 Å². The first kappa shape index (κ1) is 15.6. The fraction of sp³-hybridized carbons (Fsp3) is 0.562. The van der Waals surface area contributed by atoms with E-state index in [0.29, 0.717) is 17.1 Å². The van der Waals surface area contributed by atoms with Crippen molar-refractivity contribution in [2.24, 2.45) is 0 Å². The maximum absolute atomic E-state index is 11.8. The number of benzene rings is 1. The third-order valence-corrected chi connectivity index (χ3v) is 3.97. The van der Waals surface area contributed by atoms with Gasteiger partial charge in [-0.3, -0.25) is 9.69 Å². The van der Waals surface area contributed by atoms with Gasteiger partial charge in [-0.1, -0.05) is 12.8 Å². The largest absolute Gasteiger partial charge is 0.497 e. The molecule has 1 atom stereocenters. The van der Waals surface area contributed by atoms with Crippen molar-refractivity contribution in [1.29, 1.82) is 0 Å². The van der Waals surface area contributed by atoms with Gasteiger partial charge in [0.25, 0.3) is 0 Å². The molecule has 5 heteroatoms. The lowest BCUT2D eigenvalue weighted by Crippen LogP contribution is -2.35. The molecule has 1 N–H and O–H groups in total. The van der Waals surface area contributed by atoms with Crippen molar-refractivity contribution in [2.75, 3.05) is 27.3 Å². The number of ether oxygens (including phenoxy) is 2. The van der Waals surface area contributed by atoms with Gasteiger partial charge in [-0.25, -0.2) is 0 Å². The fourth-order valence-electron chi connectivity index (χ4n) is 2.88. The first-order chi connectivity index (χ1) is 10.2. The molecule has 5 nitrogen and oxygen atoms in total. The van der Waals surface area contributed by atoms with E-state index in [0.717, 1.165) is 25.9 Å². The number of hydrogen-bond acceptors (Lipinski definition) is 4. The summed E-state index contributed by atoms with van der Waals surface area (Å²) < 4.78 is 10.5. The predicted octanol–water partition coefficient (Wildman–Crippen LogP) is 2.71. The van der Waals surface area contributed by atoms with Crippen LogP contribution in [0, 0.1) is 0 Å². The van der Waals surface area contributed by atoms with Gasteiger partial charge < -0.3 is 14.6 Å². The Hall–Kier alpha value is -1.75. The minimum absolute atomic E-state index is 0.561. The third-order valence-electron chi connectivity index (χ3n) is 3.97. The summed E-state index contributed by atoms with van der Waals surface area (Å²) in [7, 11) is 3.14. The van der Waals surface area contributed by atoms with Crippen molar-refractivity contribution < 1.29 is 19.4 Å². The Labute approximate surface area is 125 Å². The lowest BCUT2D eigenvalue weighted by molar-refractivity contribution is -0.143. The van der Waals surface area contributed by atoms with Crippen LogP contribution >= 0.6 is 0 Å². The third kappa shape index (κ3) is 3.67. The van der Waals surface area contributed by atoms with Crippen molar-refractivity contribution in [3.8, 4) is 11.5 Å². The molecule has 1 fully saturated rings. The lowest BCUT2D eigenvalue weighted by atomic mass is 10.0. The highest BCUT2D eigenvalue weighted by atomic mass is 16.5. The van der Waals surface area contributed by atoms with Crippen LogP contribution in [-0.4, -0.2) is 43.3 Å². The summed E-state index contributed by atoms with van der Waals surface area (Å²) in [6.45, 7) is 1.62. The van der Waals surface area contributed by atoms with E-state index in [1.165, 1.54) is 12.8 Å². The zero-order valence-corrected chi connectivity index (χ0v) is 12.7. The number of methoxy groups -OCH3 is 2. The van der Waals surface area contributed by atoms with Crippen LogP contribution in [0.1, 0.15) is 37.3 Å². The summed E-state index contributed by atoms with van der Waals surface area (Å²) in [6.07, 6.45) is 4.43. The second kappa shape index (κ2) is 7.31. The normalized spacial score (nSPS) is 17.8. The van der Waals surface area contributed by atoms with Gasteiger partial charge in [0.2, 0.25) is 0 Å². The Bertz CT molecular complexity index is 481.